The van der Waals surface area contributed by atoms with Crippen LogP contribution in [0.4, 0.5) is 5.95 Å². The number of aliphatic imine (C=N–C) groups is 1. The number of aliphatic hydroxyl groups excluding tert-OH is 1. The smallest absolute Gasteiger partial charge is 0.250 e. The molecule has 0 fully saturated rings. The molecule has 2 aliphatic rings. The standard InChI is InChI=1S/C17H19N5OS/c1-17(2)8-11-13(12(23)9-17)14(10-6-4-5-7-18-10)22-15(19-11)20-16(21-22)24-3/h4-7,14,23H,8-9H2,1-3H3. The molecule has 1 atom stereocenters. The second-order valence-corrected chi connectivity index (χ2v) is 7.71. The van der Waals surface area contributed by atoms with Crippen molar-refractivity contribution in [3.05, 3.63) is 41.4 Å². The third-order valence-corrected chi connectivity index (χ3v) is 4.95. The van der Waals surface area contributed by atoms with E-state index in [4.69, 9.17) is 4.99 Å². The van der Waals surface area contributed by atoms with Gasteiger partial charge in [-0.3, -0.25) is 4.98 Å². The summed E-state index contributed by atoms with van der Waals surface area (Å²) < 4.78 is 1.78. The van der Waals surface area contributed by atoms with Gasteiger partial charge >= 0.3 is 0 Å². The Morgan fingerprint density at radius 1 is 1.29 bits per heavy atom. The van der Waals surface area contributed by atoms with Crippen LogP contribution in [0.3, 0.4) is 0 Å². The lowest BCUT2D eigenvalue weighted by Crippen LogP contribution is -2.33. The summed E-state index contributed by atoms with van der Waals surface area (Å²) >= 11 is 1.48. The monoisotopic (exact) mass is 341 g/mol. The Bertz CT molecular complexity index is 853. The molecule has 1 aliphatic heterocycles. The zero-order chi connectivity index (χ0) is 16.9. The van der Waals surface area contributed by atoms with Crippen molar-refractivity contribution in [3.8, 4) is 0 Å². The third-order valence-electron chi connectivity index (χ3n) is 4.41. The van der Waals surface area contributed by atoms with Crippen molar-refractivity contribution < 1.29 is 5.11 Å². The lowest BCUT2D eigenvalue weighted by molar-refractivity contribution is 0.272. The number of hydrogen-bond donors (Lipinski definition) is 1. The predicted molar refractivity (Wildman–Crippen MR) is 93.9 cm³/mol. The highest BCUT2D eigenvalue weighted by molar-refractivity contribution is 7.98. The molecule has 3 heterocycles. The molecule has 1 aliphatic carbocycles. The highest BCUT2D eigenvalue weighted by atomic mass is 32.2. The summed E-state index contributed by atoms with van der Waals surface area (Å²) in [5.41, 5.74) is 2.54. The van der Waals surface area contributed by atoms with Gasteiger partial charge in [-0.1, -0.05) is 31.7 Å². The van der Waals surface area contributed by atoms with E-state index < -0.39 is 0 Å². The van der Waals surface area contributed by atoms with Crippen LogP contribution in [0.15, 0.2) is 45.9 Å². The highest BCUT2D eigenvalue weighted by Crippen LogP contribution is 2.45. The Hall–Kier alpha value is -2.15. The van der Waals surface area contributed by atoms with E-state index in [1.54, 1.807) is 10.9 Å². The molecular formula is C17H19N5OS. The second kappa shape index (κ2) is 5.44. The van der Waals surface area contributed by atoms with Gasteiger partial charge in [-0.25, -0.2) is 9.67 Å². The van der Waals surface area contributed by atoms with E-state index in [2.05, 4.69) is 28.9 Å². The number of nitrogens with zero attached hydrogens (tertiary/aromatic N) is 5. The lowest BCUT2D eigenvalue weighted by atomic mass is 9.74. The fraction of sp³-hybridized carbons (Fsp3) is 0.412. The topological polar surface area (TPSA) is 76.2 Å². The first-order valence-electron chi connectivity index (χ1n) is 7.90. The first kappa shape index (κ1) is 15.4. The average molecular weight is 341 g/mol. The molecule has 0 saturated heterocycles. The van der Waals surface area contributed by atoms with E-state index in [1.807, 2.05) is 24.5 Å². The average Bonchev–Trinajstić information content (AvgIpc) is 2.95. The van der Waals surface area contributed by atoms with Crippen LogP contribution in [0.25, 0.3) is 0 Å². The molecule has 6 nitrogen and oxygen atoms in total. The molecule has 4 rings (SSSR count). The van der Waals surface area contributed by atoms with E-state index in [-0.39, 0.29) is 11.5 Å². The van der Waals surface area contributed by atoms with Crippen LogP contribution >= 0.6 is 11.8 Å². The molecule has 2 aromatic rings. The SMILES string of the molecule is CSc1nc2n(n1)C(c1ccccn1)C1=C(O)CC(C)(C)CC1=N2. The van der Waals surface area contributed by atoms with Gasteiger partial charge in [-0.2, -0.15) is 4.98 Å². The van der Waals surface area contributed by atoms with Crippen LogP contribution in [-0.2, 0) is 0 Å². The van der Waals surface area contributed by atoms with Crippen LogP contribution < -0.4 is 0 Å². The fourth-order valence-electron chi connectivity index (χ4n) is 3.43. The van der Waals surface area contributed by atoms with Crippen LogP contribution in [0.5, 0.6) is 0 Å². The summed E-state index contributed by atoms with van der Waals surface area (Å²) in [6.45, 7) is 4.29. The van der Waals surface area contributed by atoms with Crippen molar-refractivity contribution >= 4 is 23.4 Å². The molecule has 2 aromatic heterocycles. The number of pyridine rings is 1. The van der Waals surface area contributed by atoms with E-state index >= 15 is 0 Å². The van der Waals surface area contributed by atoms with Gasteiger partial charge in [0.15, 0.2) is 0 Å². The Kier molecular flexibility index (Phi) is 3.49. The predicted octanol–water partition coefficient (Wildman–Crippen LogP) is 3.70. The van der Waals surface area contributed by atoms with E-state index in [1.165, 1.54) is 11.8 Å². The highest BCUT2D eigenvalue weighted by Gasteiger charge is 2.40. The zero-order valence-electron chi connectivity index (χ0n) is 13.9. The second-order valence-electron chi connectivity index (χ2n) is 6.94. The van der Waals surface area contributed by atoms with Crippen molar-refractivity contribution in [2.24, 2.45) is 10.4 Å². The molecule has 124 valence electrons. The van der Waals surface area contributed by atoms with Gasteiger partial charge in [-0.05, 0) is 30.2 Å². The summed E-state index contributed by atoms with van der Waals surface area (Å²) in [7, 11) is 0. The Balaban J connectivity index is 1.96. The molecule has 1 N–H and O–H groups in total. The normalized spacial score (nSPS) is 22.0. The van der Waals surface area contributed by atoms with Crippen molar-refractivity contribution in [1.29, 1.82) is 0 Å². The Morgan fingerprint density at radius 2 is 2.12 bits per heavy atom. The molecule has 0 saturated carbocycles. The Labute approximate surface area is 144 Å². The van der Waals surface area contributed by atoms with Crippen molar-refractivity contribution in [1.82, 2.24) is 19.7 Å². The maximum atomic E-state index is 10.8. The minimum absolute atomic E-state index is 0.0222. The van der Waals surface area contributed by atoms with Crippen LogP contribution in [0.1, 0.15) is 38.4 Å². The first-order valence-corrected chi connectivity index (χ1v) is 9.12. The summed E-state index contributed by atoms with van der Waals surface area (Å²) in [4.78, 5) is 13.7. The van der Waals surface area contributed by atoms with Crippen LogP contribution in [0, 0.1) is 5.41 Å². The van der Waals surface area contributed by atoms with Crippen molar-refractivity contribution in [2.45, 2.75) is 37.9 Å². The van der Waals surface area contributed by atoms with E-state index in [0.29, 0.717) is 23.3 Å². The van der Waals surface area contributed by atoms with Gasteiger partial charge in [0.2, 0.25) is 11.1 Å². The van der Waals surface area contributed by atoms with E-state index in [9.17, 15) is 5.11 Å². The zero-order valence-corrected chi connectivity index (χ0v) is 14.7. The quantitative estimate of drug-likeness (QED) is 0.843. The van der Waals surface area contributed by atoms with Gasteiger partial charge in [0.05, 0.1) is 11.4 Å². The molecule has 0 amide bonds. The van der Waals surface area contributed by atoms with Crippen molar-refractivity contribution in [2.75, 3.05) is 6.26 Å². The minimum atomic E-state index is -0.279. The van der Waals surface area contributed by atoms with Crippen molar-refractivity contribution in [3.63, 3.8) is 0 Å². The molecular weight excluding hydrogens is 322 g/mol. The summed E-state index contributed by atoms with van der Waals surface area (Å²) in [5, 5.41) is 16.0. The molecule has 7 heteroatoms. The van der Waals surface area contributed by atoms with Gasteiger partial charge in [0.1, 0.15) is 11.8 Å². The maximum Gasteiger partial charge on any atom is 0.250 e. The molecule has 0 radical (unpaired) electrons. The number of hydrogen-bond acceptors (Lipinski definition) is 6. The van der Waals surface area contributed by atoms with Gasteiger partial charge < -0.3 is 5.11 Å². The Morgan fingerprint density at radius 3 is 2.83 bits per heavy atom. The number of allylic oxidation sites excluding steroid dienone is 2. The summed E-state index contributed by atoms with van der Waals surface area (Å²) in [6.07, 6.45) is 5.13. The van der Waals surface area contributed by atoms with Gasteiger partial charge in [0.25, 0.3) is 0 Å². The molecule has 1 unspecified atom stereocenters. The van der Waals surface area contributed by atoms with Gasteiger partial charge in [0, 0.05) is 18.2 Å². The number of fused-ring (bicyclic) bond motifs is 2. The van der Waals surface area contributed by atoms with Crippen LogP contribution in [-0.4, -0.2) is 36.8 Å². The summed E-state index contributed by atoms with van der Waals surface area (Å²) in [6, 6.07) is 5.51. The largest absolute Gasteiger partial charge is 0.512 e. The third kappa shape index (κ3) is 2.43. The van der Waals surface area contributed by atoms with Crippen LogP contribution in [0.2, 0.25) is 0 Å². The molecule has 24 heavy (non-hydrogen) atoms. The summed E-state index contributed by atoms with van der Waals surface area (Å²) in [5.74, 6) is 0.965. The molecule has 0 bridgehead atoms. The fourth-order valence-corrected chi connectivity index (χ4v) is 3.77. The van der Waals surface area contributed by atoms with E-state index in [0.717, 1.165) is 23.4 Å². The maximum absolute atomic E-state index is 10.8. The molecule has 0 spiro atoms. The number of thioether (sulfide) groups is 1. The molecule has 0 aromatic carbocycles. The number of rotatable bonds is 2. The van der Waals surface area contributed by atoms with Gasteiger partial charge in [-0.15, -0.1) is 5.10 Å². The number of aliphatic hydroxyl groups is 1. The first-order chi connectivity index (χ1) is 11.5. The number of aromatic nitrogens is 4. The lowest BCUT2D eigenvalue weighted by Gasteiger charge is -2.36. The minimum Gasteiger partial charge on any atom is -0.512 e.